The lowest BCUT2D eigenvalue weighted by Crippen LogP contribution is -2.27. The van der Waals surface area contributed by atoms with Crippen molar-refractivity contribution in [3.63, 3.8) is 0 Å². The van der Waals surface area contributed by atoms with Crippen LogP contribution in [-0.2, 0) is 0 Å². The number of fused-ring (bicyclic) bond motifs is 1. The molecular formula is C18H21NS. The maximum Gasteiger partial charge on any atom is 0.0344 e. The highest BCUT2D eigenvalue weighted by Gasteiger charge is 2.21. The van der Waals surface area contributed by atoms with Gasteiger partial charge in [0.25, 0.3) is 0 Å². The summed E-state index contributed by atoms with van der Waals surface area (Å²) < 4.78 is 0. The summed E-state index contributed by atoms with van der Waals surface area (Å²) in [6.07, 6.45) is 1.21. The van der Waals surface area contributed by atoms with E-state index in [1.807, 2.05) is 11.8 Å². The second-order valence-corrected chi connectivity index (χ2v) is 6.66. The molecule has 1 heterocycles. The first kappa shape index (κ1) is 13.7. The molecule has 0 fully saturated rings. The normalized spacial score (nSPS) is 19.4. The van der Waals surface area contributed by atoms with Gasteiger partial charge < -0.3 is 5.32 Å². The van der Waals surface area contributed by atoms with Crippen LogP contribution in [0.4, 0.5) is 0 Å². The summed E-state index contributed by atoms with van der Waals surface area (Å²) >= 11 is 1.98. The van der Waals surface area contributed by atoms with Crippen molar-refractivity contribution >= 4 is 11.8 Å². The number of rotatable bonds is 3. The van der Waals surface area contributed by atoms with E-state index in [2.05, 4.69) is 67.7 Å². The van der Waals surface area contributed by atoms with Crippen molar-refractivity contribution in [2.24, 2.45) is 0 Å². The zero-order valence-corrected chi connectivity index (χ0v) is 12.9. The zero-order chi connectivity index (χ0) is 13.9. The van der Waals surface area contributed by atoms with Gasteiger partial charge >= 0.3 is 0 Å². The highest BCUT2D eigenvalue weighted by atomic mass is 32.2. The van der Waals surface area contributed by atoms with Crippen molar-refractivity contribution in [1.82, 2.24) is 5.32 Å². The molecule has 2 atom stereocenters. The molecule has 0 spiro atoms. The van der Waals surface area contributed by atoms with E-state index in [0.29, 0.717) is 12.1 Å². The first-order chi connectivity index (χ1) is 9.74. The van der Waals surface area contributed by atoms with Crippen molar-refractivity contribution in [3.8, 4) is 0 Å². The fourth-order valence-electron chi connectivity index (χ4n) is 2.77. The highest BCUT2D eigenvalue weighted by molar-refractivity contribution is 7.99. The van der Waals surface area contributed by atoms with E-state index >= 15 is 0 Å². The van der Waals surface area contributed by atoms with Crippen LogP contribution in [0.3, 0.4) is 0 Å². The minimum atomic E-state index is 0.386. The molecule has 2 aromatic carbocycles. The monoisotopic (exact) mass is 283 g/mol. The van der Waals surface area contributed by atoms with Gasteiger partial charge in [0, 0.05) is 17.0 Å². The van der Waals surface area contributed by atoms with Gasteiger partial charge in [-0.15, -0.1) is 11.8 Å². The Balaban J connectivity index is 1.77. The topological polar surface area (TPSA) is 12.0 Å². The predicted octanol–water partition coefficient (Wildman–Crippen LogP) is 4.88. The summed E-state index contributed by atoms with van der Waals surface area (Å²) in [5, 5.41) is 3.80. The van der Waals surface area contributed by atoms with Crippen molar-refractivity contribution in [3.05, 3.63) is 65.2 Å². The van der Waals surface area contributed by atoms with E-state index in [9.17, 15) is 0 Å². The van der Waals surface area contributed by atoms with Gasteiger partial charge in [-0.25, -0.2) is 0 Å². The molecule has 0 aliphatic carbocycles. The van der Waals surface area contributed by atoms with E-state index in [1.54, 1.807) is 0 Å². The Bertz CT molecular complexity index is 576. The molecule has 1 nitrogen and oxygen atoms in total. The Labute approximate surface area is 125 Å². The van der Waals surface area contributed by atoms with E-state index in [4.69, 9.17) is 0 Å². The standard InChI is InChI=1S/C18H21NS/c1-13-7-9-15(10-8-13)14(2)19-17-11-12-20-18-6-4-3-5-16(17)18/h3-10,14,17,19H,11-12H2,1-2H3. The minimum absolute atomic E-state index is 0.386. The number of nitrogens with one attached hydrogen (secondary N) is 1. The Morgan fingerprint density at radius 2 is 1.85 bits per heavy atom. The molecule has 104 valence electrons. The lowest BCUT2D eigenvalue weighted by Gasteiger charge is -2.29. The second kappa shape index (κ2) is 6.02. The summed E-state index contributed by atoms with van der Waals surface area (Å²) in [5.41, 5.74) is 4.15. The van der Waals surface area contributed by atoms with Crippen LogP contribution in [0.2, 0.25) is 0 Å². The van der Waals surface area contributed by atoms with Gasteiger partial charge in [0.1, 0.15) is 0 Å². The van der Waals surface area contributed by atoms with E-state index < -0.39 is 0 Å². The fourth-order valence-corrected chi connectivity index (χ4v) is 3.89. The first-order valence-electron chi connectivity index (χ1n) is 7.28. The highest BCUT2D eigenvalue weighted by Crippen LogP contribution is 2.37. The van der Waals surface area contributed by atoms with Crippen LogP contribution in [0.5, 0.6) is 0 Å². The molecule has 1 aliphatic heterocycles. The van der Waals surface area contributed by atoms with Crippen LogP contribution in [0.1, 0.15) is 42.1 Å². The predicted molar refractivity (Wildman–Crippen MR) is 87.3 cm³/mol. The van der Waals surface area contributed by atoms with E-state index in [1.165, 1.54) is 33.8 Å². The van der Waals surface area contributed by atoms with Gasteiger partial charge in [-0.3, -0.25) is 0 Å². The minimum Gasteiger partial charge on any atom is -0.303 e. The maximum absolute atomic E-state index is 3.80. The third kappa shape index (κ3) is 2.92. The Morgan fingerprint density at radius 3 is 2.65 bits per heavy atom. The lowest BCUT2D eigenvalue weighted by atomic mass is 10.0. The molecule has 0 amide bonds. The number of aryl methyl sites for hydroxylation is 1. The average molecular weight is 283 g/mol. The Hall–Kier alpha value is -1.25. The van der Waals surface area contributed by atoms with Gasteiger partial charge in [0.05, 0.1) is 0 Å². The van der Waals surface area contributed by atoms with Crippen LogP contribution in [0.15, 0.2) is 53.4 Å². The summed E-state index contributed by atoms with van der Waals surface area (Å²) in [5.74, 6) is 1.20. The number of hydrogen-bond acceptors (Lipinski definition) is 2. The van der Waals surface area contributed by atoms with Crippen molar-refractivity contribution < 1.29 is 0 Å². The SMILES string of the molecule is Cc1ccc(C(C)NC2CCSc3ccccc32)cc1. The molecule has 0 saturated heterocycles. The van der Waals surface area contributed by atoms with Crippen molar-refractivity contribution in [2.75, 3.05) is 5.75 Å². The number of benzene rings is 2. The van der Waals surface area contributed by atoms with Crippen LogP contribution >= 0.6 is 11.8 Å². The molecule has 2 heteroatoms. The molecule has 0 aromatic heterocycles. The van der Waals surface area contributed by atoms with Crippen LogP contribution in [0.25, 0.3) is 0 Å². The Morgan fingerprint density at radius 1 is 1.10 bits per heavy atom. The van der Waals surface area contributed by atoms with Gasteiger partial charge in [0.2, 0.25) is 0 Å². The molecule has 0 bridgehead atoms. The molecule has 0 radical (unpaired) electrons. The number of hydrogen-bond donors (Lipinski definition) is 1. The van der Waals surface area contributed by atoms with E-state index in [-0.39, 0.29) is 0 Å². The number of thioether (sulfide) groups is 1. The summed E-state index contributed by atoms with van der Waals surface area (Å²) in [6, 6.07) is 18.5. The average Bonchev–Trinajstić information content (AvgIpc) is 2.48. The van der Waals surface area contributed by atoms with Gasteiger partial charge in [-0.05, 0) is 43.2 Å². The maximum atomic E-state index is 3.80. The van der Waals surface area contributed by atoms with Gasteiger partial charge in [-0.1, -0.05) is 48.0 Å². The second-order valence-electron chi connectivity index (χ2n) is 5.53. The smallest absolute Gasteiger partial charge is 0.0344 e. The molecular weight excluding hydrogens is 262 g/mol. The molecule has 2 unspecified atom stereocenters. The van der Waals surface area contributed by atoms with Gasteiger partial charge in [-0.2, -0.15) is 0 Å². The molecule has 2 aromatic rings. The fraction of sp³-hybridized carbons (Fsp3) is 0.333. The van der Waals surface area contributed by atoms with Crippen LogP contribution < -0.4 is 5.32 Å². The van der Waals surface area contributed by atoms with Crippen LogP contribution in [-0.4, -0.2) is 5.75 Å². The largest absolute Gasteiger partial charge is 0.303 e. The lowest BCUT2D eigenvalue weighted by molar-refractivity contribution is 0.450. The molecule has 1 aliphatic rings. The zero-order valence-electron chi connectivity index (χ0n) is 12.1. The molecule has 0 saturated carbocycles. The Kier molecular flexibility index (Phi) is 4.13. The van der Waals surface area contributed by atoms with Crippen molar-refractivity contribution in [2.45, 2.75) is 37.2 Å². The summed E-state index contributed by atoms with van der Waals surface area (Å²) in [7, 11) is 0. The third-order valence-electron chi connectivity index (χ3n) is 3.99. The summed E-state index contributed by atoms with van der Waals surface area (Å²) in [6.45, 7) is 4.39. The summed E-state index contributed by atoms with van der Waals surface area (Å²) in [4.78, 5) is 1.44. The van der Waals surface area contributed by atoms with E-state index in [0.717, 1.165) is 0 Å². The first-order valence-corrected chi connectivity index (χ1v) is 8.27. The van der Waals surface area contributed by atoms with Crippen LogP contribution in [0, 0.1) is 6.92 Å². The molecule has 1 N–H and O–H groups in total. The molecule has 3 rings (SSSR count). The quantitative estimate of drug-likeness (QED) is 0.861. The van der Waals surface area contributed by atoms with Gasteiger partial charge in [0.15, 0.2) is 0 Å². The third-order valence-corrected chi connectivity index (χ3v) is 5.11. The molecule has 20 heavy (non-hydrogen) atoms. The van der Waals surface area contributed by atoms with Crippen molar-refractivity contribution in [1.29, 1.82) is 0 Å².